The quantitative estimate of drug-likeness (QED) is 0.455. The van der Waals surface area contributed by atoms with Gasteiger partial charge in [-0.1, -0.05) is 51.4 Å². The first-order chi connectivity index (χ1) is 12.5. The lowest BCUT2D eigenvalue weighted by Crippen LogP contribution is -2.23. The van der Waals surface area contributed by atoms with Crippen LogP contribution in [0, 0.1) is 0 Å². The summed E-state index contributed by atoms with van der Waals surface area (Å²) in [5.41, 5.74) is 1.05. The van der Waals surface area contributed by atoms with E-state index in [9.17, 15) is 9.59 Å². The molecule has 1 N–H and O–H groups in total. The largest absolute Gasteiger partial charge is 0.324 e. The zero-order chi connectivity index (χ0) is 18.7. The number of benzene rings is 2. The molecule has 134 valence electrons. The molecule has 0 bridgehead atoms. The van der Waals surface area contributed by atoms with Gasteiger partial charge in [-0.25, -0.2) is 4.98 Å². The topological polar surface area (TPSA) is 64.0 Å². The fourth-order valence-electron chi connectivity index (χ4n) is 2.44. The third-order valence-corrected chi connectivity index (χ3v) is 5.48. The van der Waals surface area contributed by atoms with Crippen molar-refractivity contribution in [1.82, 2.24) is 9.55 Å². The Bertz CT molecular complexity index is 1040. The molecule has 1 aromatic heterocycles. The maximum atomic E-state index is 12.7. The zero-order valence-electron chi connectivity index (χ0n) is 13.8. The molecule has 8 heteroatoms. The first-order valence-electron chi connectivity index (χ1n) is 7.87. The Kier molecular flexibility index (Phi) is 6.01. The van der Waals surface area contributed by atoms with E-state index in [1.165, 1.54) is 11.8 Å². The van der Waals surface area contributed by atoms with E-state index < -0.39 is 0 Å². The summed E-state index contributed by atoms with van der Waals surface area (Å²) in [6, 6.07) is 12.4. The van der Waals surface area contributed by atoms with Gasteiger partial charge in [0.1, 0.15) is 0 Å². The van der Waals surface area contributed by atoms with E-state index in [0.717, 1.165) is 4.47 Å². The van der Waals surface area contributed by atoms with Crippen molar-refractivity contribution in [1.29, 1.82) is 0 Å². The van der Waals surface area contributed by atoms with Gasteiger partial charge in [0, 0.05) is 11.0 Å². The number of anilines is 1. The highest BCUT2D eigenvalue weighted by Gasteiger charge is 2.13. The van der Waals surface area contributed by atoms with Gasteiger partial charge in [0.2, 0.25) is 5.91 Å². The highest BCUT2D eigenvalue weighted by molar-refractivity contribution is 9.10. The molecule has 1 heterocycles. The van der Waals surface area contributed by atoms with Crippen LogP contribution in [-0.4, -0.2) is 21.2 Å². The minimum atomic E-state index is -0.212. The van der Waals surface area contributed by atoms with E-state index in [1.807, 2.05) is 13.0 Å². The number of amides is 1. The second kappa shape index (κ2) is 8.24. The predicted molar refractivity (Wildman–Crippen MR) is 110 cm³/mol. The summed E-state index contributed by atoms with van der Waals surface area (Å²) in [6.07, 6.45) is 0. The molecule has 0 unspecified atom stereocenters. The molecular weight excluding hydrogens is 438 g/mol. The van der Waals surface area contributed by atoms with Crippen LogP contribution in [0.3, 0.4) is 0 Å². The molecule has 0 radical (unpaired) electrons. The lowest BCUT2D eigenvalue weighted by molar-refractivity contribution is -0.113. The second-order valence-electron chi connectivity index (χ2n) is 5.42. The molecule has 5 nitrogen and oxygen atoms in total. The lowest BCUT2D eigenvalue weighted by Gasteiger charge is -2.11. The number of aromatic nitrogens is 2. The number of rotatable bonds is 5. The van der Waals surface area contributed by atoms with Crippen molar-refractivity contribution in [2.45, 2.75) is 18.6 Å². The average molecular weight is 453 g/mol. The molecule has 3 aromatic rings. The minimum Gasteiger partial charge on any atom is -0.324 e. The first-order valence-corrected chi connectivity index (χ1v) is 10.0. The molecular formula is C18H15BrClN3O2S. The number of thioether (sulfide) groups is 1. The number of nitrogens with zero attached hydrogens (tertiary/aromatic N) is 2. The Balaban J connectivity index is 1.82. The first kappa shape index (κ1) is 18.9. The lowest BCUT2D eigenvalue weighted by atomic mass is 10.2. The van der Waals surface area contributed by atoms with Crippen molar-refractivity contribution < 1.29 is 4.79 Å². The molecule has 3 rings (SSSR count). The van der Waals surface area contributed by atoms with Crippen LogP contribution in [-0.2, 0) is 11.3 Å². The standard InChI is InChI=1S/C18H15BrClN3O2S/c1-2-23-17(25)12-9-11(19)7-8-14(12)22-18(23)26-10-16(24)21-15-6-4-3-5-13(15)20/h3-9H,2,10H2,1H3,(H,21,24). The molecule has 26 heavy (non-hydrogen) atoms. The fraction of sp³-hybridized carbons (Fsp3) is 0.167. The van der Waals surface area contributed by atoms with Crippen LogP contribution in [0.2, 0.25) is 5.02 Å². The SMILES string of the molecule is CCn1c(SCC(=O)Nc2ccccc2Cl)nc2ccc(Br)cc2c1=O. The van der Waals surface area contributed by atoms with Crippen molar-refractivity contribution in [3.8, 4) is 0 Å². The van der Waals surface area contributed by atoms with Crippen LogP contribution in [0.4, 0.5) is 5.69 Å². The fourth-order valence-corrected chi connectivity index (χ4v) is 3.85. The number of fused-ring (bicyclic) bond motifs is 1. The Morgan fingerprint density at radius 2 is 2.08 bits per heavy atom. The van der Waals surface area contributed by atoms with E-state index in [4.69, 9.17) is 11.6 Å². The molecule has 0 aliphatic carbocycles. The highest BCUT2D eigenvalue weighted by Crippen LogP contribution is 2.23. The number of carbonyl (C=O) groups is 1. The average Bonchev–Trinajstić information content (AvgIpc) is 2.62. The van der Waals surface area contributed by atoms with Gasteiger partial charge in [-0.15, -0.1) is 0 Å². The van der Waals surface area contributed by atoms with Crippen LogP contribution >= 0.6 is 39.3 Å². The summed E-state index contributed by atoms with van der Waals surface area (Å²) >= 11 is 10.6. The number of nitrogens with one attached hydrogen (secondary N) is 1. The smallest absolute Gasteiger partial charge is 0.262 e. The van der Waals surface area contributed by atoms with Gasteiger partial charge in [0.25, 0.3) is 5.56 Å². The molecule has 0 saturated heterocycles. The number of hydrogen-bond donors (Lipinski definition) is 1. The number of para-hydroxylation sites is 1. The summed E-state index contributed by atoms with van der Waals surface area (Å²) in [5.74, 6) is -0.0874. The van der Waals surface area contributed by atoms with Crippen LogP contribution in [0.25, 0.3) is 10.9 Å². The monoisotopic (exact) mass is 451 g/mol. The summed E-state index contributed by atoms with van der Waals surface area (Å²) in [7, 11) is 0. The maximum absolute atomic E-state index is 12.7. The normalized spacial score (nSPS) is 10.9. The third kappa shape index (κ3) is 4.11. The number of halogens is 2. The summed E-state index contributed by atoms with van der Waals surface area (Å²) in [4.78, 5) is 29.4. The predicted octanol–water partition coefficient (Wildman–Crippen LogP) is 4.56. The zero-order valence-corrected chi connectivity index (χ0v) is 17.0. The molecule has 2 aromatic carbocycles. The van der Waals surface area contributed by atoms with E-state index in [1.54, 1.807) is 41.0 Å². The van der Waals surface area contributed by atoms with Crippen LogP contribution in [0.1, 0.15) is 6.92 Å². The van der Waals surface area contributed by atoms with Crippen molar-refractivity contribution in [3.05, 3.63) is 62.3 Å². The Labute approximate surface area is 167 Å². The van der Waals surface area contributed by atoms with E-state index >= 15 is 0 Å². The van der Waals surface area contributed by atoms with Gasteiger partial charge in [-0.3, -0.25) is 14.2 Å². The third-order valence-electron chi connectivity index (χ3n) is 3.68. The Morgan fingerprint density at radius 1 is 1.31 bits per heavy atom. The summed E-state index contributed by atoms with van der Waals surface area (Å²) in [6.45, 7) is 2.35. The van der Waals surface area contributed by atoms with E-state index in [-0.39, 0.29) is 17.2 Å². The van der Waals surface area contributed by atoms with Gasteiger partial charge in [0.05, 0.1) is 27.4 Å². The molecule has 0 aliphatic rings. The van der Waals surface area contributed by atoms with Crippen molar-refractivity contribution in [2.75, 3.05) is 11.1 Å². The second-order valence-corrected chi connectivity index (χ2v) is 7.69. The van der Waals surface area contributed by atoms with Gasteiger partial charge in [-0.05, 0) is 37.3 Å². The van der Waals surface area contributed by atoms with Crippen LogP contribution in [0.15, 0.2) is 56.9 Å². The van der Waals surface area contributed by atoms with Gasteiger partial charge in [-0.2, -0.15) is 0 Å². The Hall–Kier alpha value is -1.83. The van der Waals surface area contributed by atoms with Crippen LogP contribution in [0.5, 0.6) is 0 Å². The van der Waals surface area contributed by atoms with Gasteiger partial charge in [0.15, 0.2) is 5.16 Å². The number of carbonyl (C=O) groups excluding carboxylic acids is 1. The van der Waals surface area contributed by atoms with Crippen molar-refractivity contribution in [3.63, 3.8) is 0 Å². The molecule has 0 saturated carbocycles. The number of hydrogen-bond acceptors (Lipinski definition) is 4. The van der Waals surface area contributed by atoms with E-state index in [2.05, 4.69) is 26.2 Å². The van der Waals surface area contributed by atoms with Crippen LogP contribution < -0.4 is 10.9 Å². The maximum Gasteiger partial charge on any atom is 0.262 e. The molecule has 0 atom stereocenters. The Morgan fingerprint density at radius 3 is 2.81 bits per heavy atom. The van der Waals surface area contributed by atoms with Gasteiger partial charge < -0.3 is 5.32 Å². The van der Waals surface area contributed by atoms with Crippen molar-refractivity contribution in [2.24, 2.45) is 0 Å². The molecule has 0 aliphatic heterocycles. The summed E-state index contributed by atoms with van der Waals surface area (Å²) in [5, 5.41) is 4.30. The minimum absolute atomic E-state index is 0.118. The van der Waals surface area contributed by atoms with Crippen molar-refractivity contribution >= 4 is 61.8 Å². The molecule has 0 spiro atoms. The van der Waals surface area contributed by atoms with Gasteiger partial charge >= 0.3 is 0 Å². The molecule has 0 fully saturated rings. The highest BCUT2D eigenvalue weighted by atomic mass is 79.9. The van der Waals surface area contributed by atoms with E-state index in [0.29, 0.717) is 33.3 Å². The summed E-state index contributed by atoms with van der Waals surface area (Å²) < 4.78 is 2.40. The molecule has 1 amide bonds.